The van der Waals surface area contributed by atoms with Crippen LogP contribution in [0.2, 0.25) is 0 Å². The highest BCUT2D eigenvalue weighted by Gasteiger charge is 2.70. The number of fused-ring (bicyclic) bond motifs is 5. The number of hydrogen-bond acceptors (Lipinski definition) is 7. The van der Waals surface area contributed by atoms with Crippen LogP contribution in [0.3, 0.4) is 0 Å². The van der Waals surface area contributed by atoms with E-state index in [1.54, 1.807) is 36.4 Å². The quantitative estimate of drug-likeness (QED) is 0.421. The second-order valence-corrected chi connectivity index (χ2v) is 12.6. The van der Waals surface area contributed by atoms with Crippen LogP contribution in [0.5, 0.6) is 0 Å². The zero-order chi connectivity index (χ0) is 28.3. The molecular formula is C32H38O7. The number of hydrogen-bond donors (Lipinski definition) is 2. The predicted octanol–water partition coefficient (Wildman–Crippen LogP) is 3.80. The Bertz CT molecular complexity index is 1280. The summed E-state index contributed by atoms with van der Waals surface area (Å²) in [6.45, 7) is 6.81. The van der Waals surface area contributed by atoms with Crippen LogP contribution in [0, 0.1) is 34.5 Å². The molecule has 0 heterocycles. The summed E-state index contributed by atoms with van der Waals surface area (Å²) < 4.78 is 5.34. The molecule has 7 heteroatoms. The van der Waals surface area contributed by atoms with Gasteiger partial charge >= 0.3 is 5.97 Å². The lowest BCUT2D eigenvalue weighted by molar-refractivity contribution is -0.186. The summed E-state index contributed by atoms with van der Waals surface area (Å²) in [5.41, 5.74) is -0.765. The van der Waals surface area contributed by atoms with Crippen LogP contribution in [0.15, 0.2) is 48.1 Å². The molecule has 0 amide bonds. The zero-order valence-corrected chi connectivity index (χ0v) is 23.1. The number of rotatable bonds is 6. The molecule has 3 fully saturated rings. The van der Waals surface area contributed by atoms with Crippen molar-refractivity contribution in [1.82, 2.24) is 0 Å². The van der Waals surface area contributed by atoms with E-state index in [9.17, 15) is 29.4 Å². The summed E-state index contributed by atoms with van der Waals surface area (Å²) >= 11 is 0. The molecule has 3 saturated carbocycles. The third-order valence-electron chi connectivity index (χ3n) is 10.6. The van der Waals surface area contributed by atoms with Gasteiger partial charge in [0.25, 0.3) is 0 Å². The molecule has 0 aromatic heterocycles. The Morgan fingerprint density at radius 2 is 1.82 bits per heavy atom. The van der Waals surface area contributed by atoms with Crippen LogP contribution in [0.4, 0.5) is 0 Å². The van der Waals surface area contributed by atoms with E-state index in [1.165, 1.54) is 6.92 Å². The number of allylic oxidation sites excluding steroid dienone is 4. The van der Waals surface area contributed by atoms with Gasteiger partial charge in [0.05, 0.1) is 12.5 Å². The number of Topliss-reactive ketones (excluding diaryl/α,β-unsaturated/α-hetero) is 2. The van der Waals surface area contributed by atoms with Crippen molar-refractivity contribution < 1.29 is 34.1 Å². The normalized spacial score (nSPS) is 38.8. The number of carbonyl (C=O) groups excluding carboxylic acids is 4. The van der Waals surface area contributed by atoms with E-state index in [0.29, 0.717) is 17.5 Å². The summed E-state index contributed by atoms with van der Waals surface area (Å²) in [6, 6.07) is 6.65. The molecule has 4 aliphatic carbocycles. The van der Waals surface area contributed by atoms with Crippen LogP contribution < -0.4 is 0 Å². The molecule has 2 N–H and O–H groups in total. The summed E-state index contributed by atoms with van der Waals surface area (Å²) in [4.78, 5) is 49.6. The molecule has 1 aromatic rings. The Morgan fingerprint density at radius 3 is 2.49 bits per heavy atom. The standard InChI is InChI=1S/C32H38O7/c1-18-13-25-24-10-9-22-15-23(34)11-12-30(22,3)29(24)26(35)16-31(25,4)32(18,38)27(36)17-39-28(37)14-20-5-7-21(8-6-20)19(2)33/h5-8,11-12,15,18,24-26,29,35,38H,9-10,13-14,16-17H2,1-4H3/t18-,24?,25?,26+,29?,30?,31?,32+/m1/s1. The Hall–Kier alpha value is -2.90. The van der Waals surface area contributed by atoms with Gasteiger partial charge in [-0.3, -0.25) is 19.2 Å². The van der Waals surface area contributed by atoms with Gasteiger partial charge in [-0.25, -0.2) is 0 Å². The van der Waals surface area contributed by atoms with Crippen LogP contribution >= 0.6 is 0 Å². The van der Waals surface area contributed by atoms with Crippen molar-refractivity contribution in [3.63, 3.8) is 0 Å². The zero-order valence-electron chi connectivity index (χ0n) is 23.1. The fourth-order valence-electron chi connectivity index (χ4n) is 8.58. The number of benzene rings is 1. The Labute approximate surface area is 229 Å². The van der Waals surface area contributed by atoms with E-state index in [4.69, 9.17) is 4.74 Å². The molecule has 4 aliphatic rings. The molecule has 1 aromatic carbocycles. The molecule has 7 nitrogen and oxygen atoms in total. The van der Waals surface area contributed by atoms with Crippen molar-refractivity contribution in [3.05, 3.63) is 59.2 Å². The maximum Gasteiger partial charge on any atom is 0.310 e. The van der Waals surface area contributed by atoms with Crippen molar-refractivity contribution in [2.75, 3.05) is 6.61 Å². The smallest absolute Gasteiger partial charge is 0.310 e. The minimum absolute atomic E-state index is 0.00902. The van der Waals surface area contributed by atoms with Crippen molar-refractivity contribution in [2.45, 2.75) is 71.5 Å². The molecular weight excluding hydrogens is 496 g/mol. The Morgan fingerprint density at radius 1 is 1.13 bits per heavy atom. The average Bonchev–Trinajstić information content (AvgIpc) is 3.09. The molecule has 8 atom stereocenters. The lowest BCUT2D eigenvalue weighted by atomic mass is 9.46. The molecule has 0 spiro atoms. The van der Waals surface area contributed by atoms with Crippen molar-refractivity contribution in [3.8, 4) is 0 Å². The SMILES string of the molecule is CC(=O)c1ccc(CC(=O)OCC(=O)[C@@]2(O)[C@H](C)CC3C4CCC5=CC(=O)C=CC5(C)C4[C@@H](O)CC32C)cc1. The fourth-order valence-corrected chi connectivity index (χ4v) is 8.58. The van der Waals surface area contributed by atoms with Gasteiger partial charge in [-0.15, -0.1) is 0 Å². The first kappa shape index (κ1) is 27.7. The highest BCUT2D eigenvalue weighted by Crippen LogP contribution is 2.68. The van der Waals surface area contributed by atoms with Gasteiger partial charge in [0, 0.05) is 22.3 Å². The largest absolute Gasteiger partial charge is 0.457 e. The summed E-state index contributed by atoms with van der Waals surface area (Å²) in [6.07, 6.45) is 6.87. The fraction of sp³-hybridized carbons (Fsp3) is 0.562. The van der Waals surface area contributed by atoms with Gasteiger partial charge in [-0.05, 0) is 68.1 Å². The third kappa shape index (κ3) is 4.25. The first-order valence-electron chi connectivity index (χ1n) is 13.9. The van der Waals surface area contributed by atoms with E-state index < -0.39 is 40.9 Å². The number of ketones is 3. The average molecular weight is 535 g/mol. The van der Waals surface area contributed by atoms with Crippen LogP contribution in [0.25, 0.3) is 0 Å². The Kier molecular flexibility index (Phi) is 6.83. The second kappa shape index (κ2) is 9.63. The Balaban J connectivity index is 1.32. The molecule has 5 rings (SSSR count). The molecule has 0 radical (unpaired) electrons. The van der Waals surface area contributed by atoms with Gasteiger partial charge in [0.15, 0.2) is 18.2 Å². The summed E-state index contributed by atoms with van der Waals surface area (Å²) in [5.74, 6) is -1.57. The number of aliphatic hydroxyl groups is 2. The molecule has 0 aliphatic heterocycles. The van der Waals surface area contributed by atoms with Crippen LogP contribution in [0.1, 0.15) is 69.3 Å². The lowest BCUT2D eigenvalue weighted by Crippen LogP contribution is -2.62. The molecule has 0 saturated heterocycles. The van der Waals surface area contributed by atoms with E-state index in [0.717, 1.165) is 18.4 Å². The van der Waals surface area contributed by atoms with Gasteiger partial charge in [-0.1, -0.05) is 56.7 Å². The summed E-state index contributed by atoms with van der Waals surface area (Å²) in [5, 5.41) is 23.6. The third-order valence-corrected chi connectivity index (χ3v) is 10.6. The molecule has 5 unspecified atom stereocenters. The van der Waals surface area contributed by atoms with Gasteiger partial charge in [0.1, 0.15) is 5.60 Å². The highest BCUT2D eigenvalue weighted by atomic mass is 16.5. The van der Waals surface area contributed by atoms with Gasteiger partial charge < -0.3 is 14.9 Å². The highest BCUT2D eigenvalue weighted by molar-refractivity contribution is 6.01. The van der Waals surface area contributed by atoms with E-state index in [-0.39, 0.29) is 48.1 Å². The minimum atomic E-state index is -1.73. The van der Waals surface area contributed by atoms with E-state index in [2.05, 4.69) is 6.92 Å². The number of esters is 1. The molecule has 0 bridgehead atoms. The van der Waals surface area contributed by atoms with Crippen molar-refractivity contribution >= 4 is 23.3 Å². The van der Waals surface area contributed by atoms with E-state index >= 15 is 0 Å². The maximum atomic E-state index is 13.6. The number of aliphatic hydroxyl groups excluding tert-OH is 1. The number of ether oxygens (including phenoxy) is 1. The topological polar surface area (TPSA) is 118 Å². The first-order chi connectivity index (χ1) is 18.3. The van der Waals surface area contributed by atoms with E-state index in [1.807, 2.05) is 19.9 Å². The van der Waals surface area contributed by atoms with Gasteiger partial charge in [0.2, 0.25) is 5.78 Å². The predicted molar refractivity (Wildman–Crippen MR) is 144 cm³/mol. The second-order valence-electron chi connectivity index (χ2n) is 12.6. The minimum Gasteiger partial charge on any atom is -0.457 e. The monoisotopic (exact) mass is 534 g/mol. The van der Waals surface area contributed by atoms with Crippen molar-refractivity contribution in [2.24, 2.45) is 34.5 Å². The molecule has 39 heavy (non-hydrogen) atoms. The molecule has 208 valence electrons. The van der Waals surface area contributed by atoms with Gasteiger partial charge in [-0.2, -0.15) is 0 Å². The lowest BCUT2D eigenvalue weighted by Gasteiger charge is -2.59. The summed E-state index contributed by atoms with van der Waals surface area (Å²) in [7, 11) is 0. The maximum absolute atomic E-state index is 13.6. The van der Waals surface area contributed by atoms with Crippen molar-refractivity contribution in [1.29, 1.82) is 0 Å². The van der Waals surface area contributed by atoms with Crippen LogP contribution in [-0.2, 0) is 25.5 Å². The number of carbonyl (C=O) groups is 4. The van der Waals surface area contributed by atoms with Crippen LogP contribution in [-0.4, -0.2) is 51.8 Å². The first-order valence-corrected chi connectivity index (χ1v) is 13.9.